The molecule has 0 amide bonds. The molecule has 0 saturated carbocycles. The fourth-order valence-corrected chi connectivity index (χ4v) is 1.15. The smallest absolute Gasteiger partial charge is 0.336 e. The summed E-state index contributed by atoms with van der Waals surface area (Å²) in [5.74, 6) is -1.77. The monoisotopic (exact) mass is 199 g/mol. The maximum atomic E-state index is 13.2. The van der Waals surface area contributed by atoms with Gasteiger partial charge in [0, 0.05) is 6.54 Å². The van der Waals surface area contributed by atoms with Gasteiger partial charge in [0.2, 0.25) is 0 Å². The molecule has 0 fully saturated rings. The number of benzene rings is 1. The maximum Gasteiger partial charge on any atom is 0.336 e. The Morgan fingerprint density at radius 1 is 1.57 bits per heavy atom. The fourth-order valence-electron chi connectivity index (χ4n) is 1.15. The standard InChI is InChI=1S/C9H10FNO3/c1-5-7(9(12)13)2-6(4-11-14)3-8(5)10/h2-3,11,14H,4H2,1H3,(H,12,13). The van der Waals surface area contributed by atoms with Crippen molar-refractivity contribution in [1.82, 2.24) is 5.48 Å². The Morgan fingerprint density at radius 2 is 2.21 bits per heavy atom. The predicted molar refractivity (Wildman–Crippen MR) is 46.7 cm³/mol. The molecular weight excluding hydrogens is 189 g/mol. The Hall–Kier alpha value is -1.46. The van der Waals surface area contributed by atoms with Crippen molar-refractivity contribution in [3.8, 4) is 0 Å². The number of hydrogen-bond donors (Lipinski definition) is 3. The number of hydroxylamine groups is 1. The molecule has 5 heteroatoms. The number of carboxylic acids is 1. The number of halogens is 1. The zero-order valence-corrected chi connectivity index (χ0v) is 7.54. The molecule has 1 rings (SSSR count). The number of carbonyl (C=O) groups is 1. The van der Waals surface area contributed by atoms with Crippen LogP contribution < -0.4 is 5.48 Å². The third kappa shape index (κ3) is 2.07. The van der Waals surface area contributed by atoms with Crippen molar-refractivity contribution in [3.05, 3.63) is 34.6 Å². The molecule has 0 bridgehead atoms. The zero-order valence-electron chi connectivity index (χ0n) is 7.54. The average molecular weight is 199 g/mol. The van der Waals surface area contributed by atoms with Crippen molar-refractivity contribution in [2.24, 2.45) is 0 Å². The molecule has 0 saturated heterocycles. The van der Waals surface area contributed by atoms with E-state index in [0.29, 0.717) is 5.56 Å². The van der Waals surface area contributed by atoms with Crippen LogP contribution in [0.4, 0.5) is 4.39 Å². The minimum Gasteiger partial charge on any atom is -0.478 e. The molecule has 1 aromatic rings. The molecule has 0 heterocycles. The van der Waals surface area contributed by atoms with Gasteiger partial charge in [0.05, 0.1) is 5.56 Å². The predicted octanol–water partition coefficient (Wildman–Crippen LogP) is 1.31. The van der Waals surface area contributed by atoms with E-state index in [1.807, 2.05) is 5.48 Å². The molecule has 14 heavy (non-hydrogen) atoms. The first kappa shape index (κ1) is 10.6. The van der Waals surface area contributed by atoms with Crippen molar-refractivity contribution in [3.63, 3.8) is 0 Å². The van der Waals surface area contributed by atoms with Crippen LogP contribution in [-0.4, -0.2) is 16.3 Å². The number of rotatable bonds is 3. The van der Waals surface area contributed by atoms with E-state index >= 15 is 0 Å². The molecule has 0 aliphatic carbocycles. The van der Waals surface area contributed by atoms with Gasteiger partial charge in [-0.1, -0.05) is 0 Å². The zero-order chi connectivity index (χ0) is 10.7. The normalized spacial score (nSPS) is 10.2. The average Bonchev–Trinajstić information content (AvgIpc) is 2.11. The lowest BCUT2D eigenvalue weighted by molar-refractivity contribution is 0.0695. The van der Waals surface area contributed by atoms with Crippen LogP contribution in [0.25, 0.3) is 0 Å². The first-order chi connectivity index (χ1) is 6.56. The van der Waals surface area contributed by atoms with Crippen LogP contribution in [0.15, 0.2) is 12.1 Å². The minimum atomic E-state index is -1.18. The summed E-state index contributed by atoms with van der Waals surface area (Å²) in [7, 11) is 0. The van der Waals surface area contributed by atoms with E-state index in [0.717, 1.165) is 0 Å². The first-order valence-electron chi connectivity index (χ1n) is 3.95. The highest BCUT2D eigenvalue weighted by Crippen LogP contribution is 2.15. The van der Waals surface area contributed by atoms with E-state index in [4.69, 9.17) is 10.3 Å². The van der Waals surface area contributed by atoms with Crippen molar-refractivity contribution in [1.29, 1.82) is 0 Å². The Bertz CT molecular complexity index is 365. The quantitative estimate of drug-likeness (QED) is 0.642. The van der Waals surface area contributed by atoms with Gasteiger partial charge < -0.3 is 10.3 Å². The van der Waals surface area contributed by atoms with Gasteiger partial charge in [0.1, 0.15) is 5.82 Å². The molecule has 0 aliphatic rings. The van der Waals surface area contributed by atoms with Crippen molar-refractivity contribution in [2.75, 3.05) is 0 Å². The maximum absolute atomic E-state index is 13.2. The van der Waals surface area contributed by atoms with Gasteiger partial charge in [-0.15, -0.1) is 0 Å². The topological polar surface area (TPSA) is 69.6 Å². The van der Waals surface area contributed by atoms with E-state index in [-0.39, 0.29) is 17.7 Å². The molecule has 4 nitrogen and oxygen atoms in total. The Balaban J connectivity index is 3.21. The van der Waals surface area contributed by atoms with Gasteiger partial charge in [0.15, 0.2) is 0 Å². The Morgan fingerprint density at radius 3 is 2.71 bits per heavy atom. The minimum absolute atomic E-state index is 0.0114. The van der Waals surface area contributed by atoms with Gasteiger partial charge >= 0.3 is 5.97 Å². The van der Waals surface area contributed by atoms with Gasteiger partial charge in [-0.3, -0.25) is 0 Å². The number of nitrogens with one attached hydrogen (secondary N) is 1. The Kier molecular flexibility index (Phi) is 3.16. The summed E-state index contributed by atoms with van der Waals surface area (Å²) in [6.07, 6.45) is 0. The SMILES string of the molecule is Cc1c(F)cc(CNO)cc1C(=O)O. The summed E-state index contributed by atoms with van der Waals surface area (Å²) < 4.78 is 13.2. The van der Waals surface area contributed by atoms with E-state index in [9.17, 15) is 9.18 Å². The van der Waals surface area contributed by atoms with Gasteiger partial charge in [-0.05, 0) is 30.2 Å². The molecule has 3 N–H and O–H groups in total. The van der Waals surface area contributed by atoms with Crippen LogP contribution in [0.1, 0.15) is 21.5 Å². The van der Waals surface area contributed by atoms with Gasteiger partial charge in [0.25, 0.3) is 0 Å². The summed E-state index contributed by atoms with van der Waals surface area (Å²) in [5, 5.41) is 17.1. The molecule has 0 atom stereocenters. The lowest BCUT2D eigenvalue weighted by Gasteiger charge is -2.06. The highest BCUT2D eigenvalue weighted by atomic mass is 19.1. The van der Waals surface area contributed by atoms with E-state index in [1.165, 1.54) is 19.1 Å². The molecule has 0 unspecified atom stereocenters. The molecule has 0 aliphatic heterocycles. The molecule has 0 aromatic heterocycles. The summed E-state index contributed by atoms with van der Waals surface area (Å²) in [6, 6.07) is 2.51. The summed E-state index contributed by atoms with van der Waals surface area (Å²) in [6.45, 7) is 1.41. The highest BCUT2D eigenvalue weighted by molar-refractivity contribution is 5.89. The number of aromatic carboxylic acids is 1. The van der Waals surface area contributed by atoms with Crippen LogP contribution in [0.3, 0.4) is 0 Å². The van der Waals surface area contributed by atoms with Crippen LogP contribution in [0.2, 0.25) is 0 Å². The Labute approximate surface area is 79.9 Å². The lowest BCUT2D eigenvalue weighted by Crippen LogP contribution is -2.09. The largest absolute Gasteiger partial charge is 0.478 e. The van der Waals surface area contributed by atoms with Gasteiger partial charge in [-0.25, -0.2) is 14.7 Å². The van der Waals surface area contributed by atoms with Gasteiger partial charge in [-0.2, -0.15) is 0 Å². The van der Waals surface area contributed by atoms with Crippen LogP contribution >= 0.6 is 0 Å². The van der Waals surface area contributed by atoms with E-state index in [2.05, 4.69) is 0 Å². The van der Waals surface area contributed by atoms with E-state index < -0.39 is 11.8 Å². The number of hydrogen-bond acceptors (Lipinski definition) is 3. The first-order valence-corrected chi connectivity index (χ1v) is 3.95. The third-order valence-electron chi connectivity index (χ3n) is 1.92. The fraction of sp³-hybridized carbons (Fsp3) is 0.222. The second-order valence-corrected chi connectivity index (χ2v) is 2.89. The van der Waals surface area contributed by atoms with Crippen molar-refractivity contribution < 1.29 is 19.5 Å². The summed E-state index contributed by atoms with van der Waals surface area (Å²) in [5.41, 5.74) is 2.23. The molecule has 1 aromatic carbocycles. The molecule has 0 radical (unpaired) electrons. The molecular formula is C9H10FNO3. The molecule has 0 spiro atoms. The molecule has 76 valence electrons. The third-order valence-corrected chi connectivity index (χ3v) is 1.92. The van der Waals surface area contributed by atoms with Crippen molar-refractivity contribution >= 4 is 5.97 Å². The van der Waals surface area contributed by atoms with Crippen molar-refractivity contribution in [2.45, 2.75) is 13.5 Å². The summed E-state index contributed by atoms with van der Waals surface area (Å²) in [4.78, 5) is 10.7. The van der Waals surface area contributed by atoms with Crippen LogP contribution in [0.5, 0.6) is 0 Å². The summed E-state index contributed by atoms with van der Waals surface area (Å²) >= 11 is 0. The van der Waals surface area contributed by atoms with E-state index in [1.54, 1.807) is 0 Å². The van der Waals surface area contributed by atoms with Crippen LogP contribution in [-0.2, 0) is 6.54 Å². The highest BCUT2D eigenvalue weighted by Gasteiger charge is 2.12. The lowest BCUT2D eigenvalue weighted by atomic mass is 10.0. The number of carboxylic acid groups (broad SMARTS) is 1. The van der Waals surface area contributed by atoms with Crippen LogP contribution in [0, 0.1) is 12.7 Å². The second-order valence-electron chi connectivity index (χ2n) is 2.89. The second kappa shape index (κ2) is 4.17.